The van der Waals surface area contributed by atoms with Crippen LogP contribution in [0.2, 0.25) is 10.0 Å². The molecule has 0 saturated carbocycles. The summed E-state index contributed by atoms with van der Waals surface area (Å²) in [4.78, 5) is 12.2. The Morgan fingerprint density at radius 3 is 2.12 bits per heavy atom. The van der Waals surface area contributed by atoms with E-state index in [9.17, 15) is 10.1 Å². The van der Waals surface area contributed by atoms with E-state index in [0.29, 0.717) is 15.7 Å². The summed E-state index contributed by atoms with van der Waals surface area (Å²) in [6.45, 7) is 1.80. The van der Waals surface area contributed by atoms with E-state index in [-0.39, 0.29) is 5.69 Å². The van der Waals surface area contributed by atoms with Crippen LogP contribution in [0.15, 0.2) is 12.1 Å². The van der Waals surface area contributed by atoms with Crippen molar-refractivity contribution in [3.63, 3.8) is 0 Å². The number of halogens is 2. The van der Waals surface area contributed by atoms with Crippen LogP contribution in [0.4, 0.5) is 11.4 Å². The van der Waals surface area contributed by atoms with Crippen LogP contribution in [-0.2, 0) is 0 Å². The molecule has 0 N–H and O–H groups in total. The van der Waals surface area contributed by atoms with E-state index in [2.05, 4.69) is 4.90 Å². The number of nitro groups is 1. The molecule has 6 heteroatoms. The van der Waals surface area contributed by atoms with Crippen molar-refractivity contribution in [1.29, 1.82) is 0 Å². The van der Waals surface area contributed by atoms with Gasteiger partial charge in [-0.2, -0.15) is 0 Å². The quantitative estimate of drug-likeness (QED) is 0.604. The lowest BCUT2D eigenvalue weighted by molar-refractivity contribution is -0.384. The van der Waals surface area contributed by atoms with Crippen molar-refractivity contribution in [3.8, 4) is 0 Å². The molecule has 1 aliphatic heterocycles. The van der Waals surface area contributed by atoms with Crippen LogP contribution in [0.5, 0.6) is 0 Å². The highest BCUT2D eigenvalue weighted by molar-refractivity contribution is 6.39. The molecule has 1 aliphatic rings. The number of non-ortho nitro benzene ring substituents is 1. The predicted molar refractivity (Wildman–Crippen MR) is 64.6 cm³/mol. The zero-order chi connectivity index (χ0) is 11.7. The third kappa shape index (κ3) is 2.08. The maximum Gasteiger partial charge on any atom is 0.272 e. The van der Waals surface area contributed by atoms with Crippen molar-refractivity contribution in [2.45, 2.75) is 12.8 Å². The molecule has 1 heterocycles. The molecule has 1 saturated heterocycles. The Bertz CT molecular complexity index is 408. The molecule has 0 bridgehead atoms. The van der Waals surface area contributed by atoms with Gasteiger partial charge in [-0.3, -0.25) is 10.1 Å². The highest BCUT2D eigenvalue weighted by Gasteiger charge is 2.21. The summed E-state index contributed by atoms with van der Waals surface area (Å²) in [6, 6.07) is 2.70. The number of nitrogens with zero attached hydrogens (tertiary/aromatic N) is 2. The minimum Gasteiger partial charge on any atom is -0.369 e. The van der Waals surface area contributed by atoms with Gasteiger partial charge in [0.25, 0.3) is 5.69 Å². The average Bonchev–Trinajstić information content (AvgIpc) is 2.69. The van der Waals surface area contributed by atoms with Crippen molar-refractivity contribution in [1.82, 2.24) is 0 Å². The number of hydrogen-bond donors (Lipinski definition) is 0. The predicted octanol–water partition coefficient (Wildman–Crippen LogP) is 3.50. The van der Waals surface area contributed by atoms with Gasteiger partial charge in [0.1, 0.15) is 0 Å². The van der Waals surface area contributed by atoms with Gasteiger partial charge in [0.15, 0.2) is 0 Å². The van der Waals surface area contributed by atoms with E-state index in [1.165, 1.54) is 12.1 Å². The fourth-order valence-corrected chi connectivity index (χ4v) is 2.61. The monoisotopic (exact) mass is 260 g/mol. The first-order valence-electron chi connectivity index (χ1n) is 4.98. The topological polar surface area (TPSA) is 46.4 Å². The van der Waals surface area contributed by atoms with Gasteiger partial charge in [-0.05, 0) is 12.8 Å². The summed E-state index contributed by atoms with van der Waals surface area (Å²) in [5, 5.41) is 11.3. The number of anilines is 1. The van der Waals surface area contributed by atoms with Crippen LogP contribution in [0.1, 0.15) is 12.8 Å². The largest absolute Gasteiger partial charge is 0.369 e. The molecule has 0 atom stereocenters. The third-order valence-corrected chi connectivity index (χ3v) is 3.21. The van der Waals surface area contributed by atoms with Gasteiger partial charge in [-0.25, -0.2) is 0 Å². The minimum atomic E-state index is -0.495. The molecule has 1 aromatic carbocycles. The zero-order valence-corrected chi connectivity index (χ0v) is 9.96. The standard InChI is InChI=1S/C10H10Cl2N2O2/c11-8-5-7(14(15)16)6-9(12)10(8)13-3-1-2-4-13/h5-6H,1-4H2. The normalized spacial score (nSPS) is 15.5. The zero-order valence-electron chi connectivity index (χ0n) is 8.45. The van der Waals surface area contributed by atoms with Gasteiger partial charge in [0.2, 0.25) is 0 Å². The van der Waals surface area contributed by atoms with Crippen LogP contribution in [0, 0.1) is 10.1 Å². The van der Waals surface area contributed by atoms with Crippen molar-refractivity contribution in [3.05, 3.63) is 32.3 Å². The lowest BCUT2D eigenvalue weighted by Crippen LogP contribution is -2.18. The first-order chi connectivity index (χ1) is 7.59. The molecule has 0 amide bonds. The Morgan fingerprint density at radius 2 is 1.69 bits per heavy atom. The van der Waals surface area contributed by atoms with Crippen molar-refractivity contribution < 1.29 is 4.92 Å². The summed E-state index contributed by atoms with van der Waals surface area (Å²) < 4.78 is 0. The van der Waals surface area contributed by atoms with Gasteiger partial charge in [-0.15, -0.1) is 0 Å². The molecule has 0 aromatic heterocycles. The fourth-order valence-electron chi connectivity index (χ4n) is 1.90. The van der Waals surface area contributed by atoms with Crippen molar-refractivity contribution >= 4 is 34.6 Å². The van der Waals surface area contributed by atoms with Crippen LogP contribution in [0.3, 0.4) is 0 Å². The molecule has 0 radical (unpaired) electrons. The Morgan fingerprint density at radius 1 is 1.19 bits per heavy atom. The lowest BCUT2D eigenvalue weighted by Gasteiger charge is -2.20. The third-order valence-electron chi connectivity index (χ3n) is 2.63. The van der Waals surface area contributed by atoms with Gasteiger partial charge in [-0.1, -0.05) is 23.2 Å². The van der Waals surface area contributed by atoms with E-state index in [4.69, 9.17) is 23.2 Å². The maximum atomic E-state index is 10.6. The minimum absolute atomic E-state index is 0.0713. The summed E-state index contributed by atoms with van der Waals surface area (Å²) in [6.07, 6.45) is 2.20. The van der Waals surface area contributed by atoms with Crippen LogP contribution >= 0.6 is 23.2 Å². The average molecular weight is 261 g/mol. The highest BCUT2D eigenvalue weighted by atomic mass is 35.5. The van der Waals surface area contributed by atoms with Crippen LogP contribution in [-0.4, -0.2) is 18.0 Å². The molecule has 0 unspecified atom stereocenters. The van der Waals surface area contributed by atoms with Crippen molar-refractivity contribution in [2.75, 3.05) is 18.0 Å². The molecule has 86 valence electrons. The summed E-state index contributed by atoms with van der Waals surface area (Å²) in [7, 11) is 0. The Hall–Kier alpha value is -1.00. The highest BCUT2D eigenvalue weighted by Crippen LogP contribution is 2.38. The van der Waals surface area contributed by atoms with E-state index in [0.717, 1.165) is 25.9 Å². The summed E-state index contributed by atoms with van der Waals surface area (Å²) in [5.74, 6) is 0. The Balaban J connectivity index is 2.42. The number of benzene rings is 1. The van der Waals surface area contributed by atoms with Gasteiger partial charge >= 0.3 is 0 Å². The number of nitro benzene ring substituents is 1. The first kappa shape index (κ1) is 11.5. The molecule has 4 nitrogen and oxygen atoms in total. The molecule has 1 fully saturated rings. The van der Waals surface area contributed by atoms with Crippen molar-refractivity contribution in [2.24, 2.45) is 0 Å². The van der Waals surface area contributed by atoms with Gasteiger partial charge in [0, 0.05) is 25.2 Å². The number of rotatable bonds is 2. The smallest absolute Gasteiger partial charge is 0.272 e. The van der Waals surface area contributed by atoms with Crippen LogP contribution in [0.25, 0.3) is 0 Å². The van der Waals surface area contributed by atoms with E-state index in [1.54, 1.807) is 0 Å². The summed E-state index contributed by atoms with van der Waals surface area (Å²) >= 11 is 12.1. The van der Waals surface area contributed by atoms with E-state index < -0.39 is 4.92 Å². The van der Waals surface area contributed by atoms with E-state index >= 15 is 0 Å². The molecule has 2 rings (SSSR count). The van der Waals surface area contributed by atoms with Crippen LogP contribution < -0.4 is 4.90 Å². The second kappa shape index (κ2) is 4.47. The second-order valence-electron chi connectivity index (χ2n) is 3.71. The maximum absolute atomic E-state index is 10.6. The Kier molecular flexibility index (Phi) is 3.21. The summed E-state index contributed by atoms with van der Waals surface area (Å²) in [5.41, 5.74) is 0.643. The fraction of sp³-hybridized carbons (Fsp3) is 0.400. The van der Waals surface area contributed by atoms with Gasteiger partial charge < -0.3 is 4.90 Å². The SMILES string of the molecule is O=[N+]([O-])c1cc(Cl)c(N2CCCC2)c(Cl)c1. The molecular weight excluding hydrogens is 251 g/mol. The van der Waals surface area contributed by atoms with Gasteiger partial charge in [0.05, 0.1) is 20.7 Å². The molecule has 0 spiro atoms. The molecule has 1 aromatic rings. The molecule has 0 aliphatic carbocycles. The second-order valence-corrected chi connectivity index (χ2v) is 4.52. The molecular formula is C10H10Cl2N2O2. The number of hydrogen-bond acceptors (Lipinski definition) is 3. The Labute approximate surface area is 103 Å². The molecule has 16 heavy (non-hydrogen) atoms. The first-order valence-corrected chi connectivity index (χ1v) is 5.73. The lowest BCUT2D eigenvalue weighted by atomic mass is 10.2. The van der Waals surface area contributed by atoms with E-state index in [1.807, 2.05) is 0 Å².